The maximum absolute atomic E-state index is 12.7. The fourth-order valence-electron chi connectivity index (χ4n) is 4.02. The van der Waals surface area contributed by atoms with Gasteiger partial charge in [0.15, 0.2) is 0 Å². The van der Waals surface area contributed by atoms with Crippen molar-refractivity contribution < 1.29 is 4.79 Å². The molecule has 0 radical (unpaired) electrons. The van der Waals surface area contributed by atoms with Crippen LogP contribution in [-0.2, 0) is 30.6 Å². The van der Waals surface area contributed by atoms with E-state index in [0.29, 0.717) is 31.1 Å². The number of amides is 1. The first-order valence-corrected chi connectivity index (χ1v) is 12.4. The van der Waals surface area contributed by atoms with E-state index >= 15 is 0 Å². The lowest BCUT2D eigenvalue weighted by atomic mass is 9.89. The molecule has 0 saturated heterocycles. The number of hydrogen-bond acceptors (Lipinski definition) is 5. The molecule has 4 rings (SSSR count). The van der Waals surface area contributed by atoms with E-state index in [2.05, 4.69) is 36.2 Å². The van der Waals surface area contributed by atoms with Crippen LogP contribution in [-0.4, -0.2) is 34.1 Å². The number of thiophene rings is 1. The van der Waals surface area contributed by atoms with Crippen LogP contribution in [0.2, 0.25) is 0 Å². The molecular formula is C23H27N3O2S2. The SMILES string of the molecule is CSc1ccc(CN(C)C(=O)CCc2nc3sc4c(c3c(=O)[nH]2)CCC(C)C4)cc1. The highest BCUT2D eigenvalue weighted by atomic mass is 32.2. The van der Waals surface area contributed by atoms with Crippen molar-refractivity contribution in [2.75, 3.05) is 13.3 Å². The molecule has 1 aliphatic carbocycles. The molecule has 1 aromatic carbocycles. The lowest BCUT2D eigenvalue weighted by molar-refractivity contribution is -0.130. The monoisotopic (exact) mass is 441 g/mol. The first kappa shape index (κ1) is 21.1. The molecule has 1 atom stereocenters. The summed E-state index contributed by atoms with van der Waals surface area (Å²) in [7, 11) is 1.82. The Hall–Kier alpha value is -2.12. The lowest BCUT2D eigenvalue weighted by Gasteiger charge is -2.17. The van der Waals surface area contributed by atoms with Crippen molar-refractivity contribution in [3.63, 3.8) is 0 Å². The zero-order valence-electron chi connectivity index (χ0n) is 17.7. The van der Waals surface area contributed by atoms with Gasteiger partial charge in [0.1, 0.15) is 10.7 Å². The summed E-state index contributed by atoms with van der Waals surface area (Å²) in [5, 5.41) is 0.766. The van der Waals surface area contributed by atoms with Crippen LogP contribution in [0.4, 0.5) is 0 Å². The standard InChI is InChI=1S/C23H27N3O2S2/c1-14-4-9-17-18(12-14)30-23-21(17)22(28)24-19(25-23)10-11-20(27)26(2)13-15-5-7-16(29-3)8-6-15/h5-8,14H,4,9-13H2,1-3H3,(H,24,25,28). The van der Waals surface area contributed by atoms with Crippen LogP contribution >= 0.6 is 23.1 Å². The summed E-state index contributed by atoms with van der Waals surface area (Å²) in [6.07, 6.45) is 5.94. The highest BCUT2D eigenvalue weighted by molar-refractivity contribution is 7.98. The van der Waals surface area contributed by atoms with Gasteiger partial charge in [-0.25, -0.2) is 4.98 Å². The Morgan fingerprint density at radius 3 is 2.83 bits per heavy atom. The number of H-pyrrole nitrogens is 1. The normalized spacial score (nSPS) is 15.9. The fraction of sp³-hybridized carbons (Fsp3) is 0.435. The Balaban J connectivity index is 1.42. The van der Waals surface area contributed by atoms with Gasteiger partial charge in [0.25, 0.3) is 5.56 Å². The van der Waals surface area contributed by atoms with Crippen molar-refractivity contribution in [1.82, 2.24) is 14.9 Å². The molecule has 0 aliphatic heterocycles. The Morgan fingerprint density at radius 2 is 2.10 bits per heavy atom. The second-order valence-corrected chi connectivity index (χ2v) is 10.1. The molecule has 1 aliphatic rings. The molecule has 0 bridgehead atoms. The van der Waals surface area contributed by atoms with Crippen molar-refractivity contribution in [1.29, 1.82) is 0 Å². The van der Waals surface area contributed by atoms with Gasteiger partial charge in [-0.3, -0.25) is 9.59 Å². The second-order valence-electron chi connectivity index (χ2n) is 8.14. The first-order chi connectivity index (χ1) is 14.4. The number of carbonyl (C=O) groups is 1. The highest BCUT2D eigenvalue weighted by Gasteiger charge is 2.23. The van der Waals surface area contributed by atoms with Crippen LogP contribution in [0.3, 0.4) is 0 Å². The number of benzene rings is 1. The van der Waals surface area contributed by atoms with Crippen molar-refractivity contribution in [3.05, 3.63) is 56.4 Å². The Kier molecular flexibility index (Phi) is 6.29. The predicted octanol–water partition coefficient (Wildman–Crippen LogP) is 4.42. The third kappa shape index (κ3) is 4.47. The summed E-state index contributed by atoms with van der Waals surface area (Å²) in [6, 6.07) is 8.26. The van der Waals surface area contributed by atoms with E-state index in [1.165, 1.54) is 15.3 Å². The minimum absolute atomic E-state index is 0.0472. The molecule has 1 amide bonds. The molecule has 1 N–H and O–H groups in total. The molecule has 7 heteroatoms. The van der Waals surface area contributed by atoms with Gasteiger partial charge in [0.2, 0.25) is 5.91 Å². The summed E-state index contributed by atoms with van der Waals surface area (Å²) in [5.74, 6) is 1.31. The topological polar surface area (TPSA) is 66.1 Å². The van der Waals surface area contributed by atoms with Crippen LogP contribution in [0.25, 0.3) is 10.2 Å². The third-order valence-electron chi connectivity index (χ3n) is 5.79. The molecule has 3 aromatic rings. The van der Waals surface area contributed by atoms with E-state index in [1.807, 2.05) is 13.3 Å². The number of fused-ring (bicyclic) bond motifs is 3. The van der Waals surface area contributed by atoms with E-state index in [1.54, 1.807) is 28.0 Å². The summed E-state index contributed by atoms with van der Waals surface area (Å²) >= 11 is 3.35. The van der Waals surface area contributed by atoms with Crippen LogP contribution in [0.5, 0.6) is 0 Å². The maximum Gasteiger partial charge on any atom is 0.259 e. The average molecular weight is 442 g/mol. The smallest absolute Gasteiger partial charge is 0.259 e. The number of nitrogens with zero attached hydrogens (tertiary/aromatic N) is 2. The summed E-state index contributed by atoms with van der Waals surface area (Å²) < 4.78 is 0. The fourth-order valence-corrected chi connectivity index (χ4v) is 5.83. The number of thioether (sulfide) groups is 1. The molecule has 5 nitrogen and oxygen atoms in total. The van der Waals surface area contributed by atoms with Gasteiger partial charge in [0, 0.05) is 36.2 Å². The van der Waals surface area contributed by atoms with Gasteiger partial charge in [-0.05, 0) is 54.7 Å². The molecule has 30 heavy (non-hydrogen) atoms. The first-order valence-electron chi connectivity index (χ1n) is 10.3. The van der Waals surface area contributed by atoms with E-state index in [9.17, 15) is 9.59 Å². The van der Waals surface area contributed by atoms with E-state index in [-0.39, 0.29) is 11.5 Å². The number of nitrogens with one attached hydrogen (secondary N) is 1. The van der Waals surface area contributed by atoms with Crippen molar-refractivity contribution in [2.45, 2.75) is 50.5 Å². The molecule has 0 saturated carbocycles. The molecule has 0 fully saturated rings. The second kappa shape index (κ2) is 8.94. The Labute approximate surface area is 184 Å². The zero-order chi connectivity index (χ0) is 21.3. The number of hydrogen-bond donors (Lipinski definition) is 1. The van der Waals surface area contributed by atoms with Crippen LogP contribution in [0.15, 0.2) is 34.0 Å². The van der Waals surface area contributed by atoms with Crippen LogP contribution in [0, 0.1) is 5.92 Å². The van der Waals surface area contributed by atoms with Gasteiger partial charge < -0.3 is 9.88 Å². The van der Waals surface area contributed by atoms with Crippen molar-refractivity contribution in [3.8, 4) is 0 Å². The van der Waals surface area contributed by atoms with E-state index in [0.717, 1.165) is 35.0 Å². The van der Waals surface area contributed by atoms with Gasteiger partial charge >= 0.3 is 0 Å². The quantitative estimate of drug-likeness (QED) is 0.575. The predicted molar refractivity (Wildman–Crippen MR) is 124 cm³/mol. The summed E-state index contributed by atoms with van der Waals surface area (Å²) in [5.41, 5.74) is 2.24. The van der Waals surface area contributed by atoms with Crippen molar-refractivity contribution >= 4 is 39.2 Å². The minimum Gasteiger partial charge on any atom is -0.341 e. The van der Waals surface area contributed by atoms with Gasteiger partial charge in [0.05, 0.1) is 5.39 Å². The van der Waals surface area contributed by atoms with Crippen LogP contribution < -0.4 is 5.56 Å². The molecule has 2 aromatic heterocycles. The molecule has 0 spiro atoms. The van der Waals surface area contributed by atoms with E-state index in [4.69, 9.17) is 4.98 Å². The van der Waals surface area contributed by atoms with Gasteiger partial charge in [-0.15, -0.1) is 23.1 Å². The Bertz CT molecular complexity index is 1120. The van der Waals surface area contributed by atoms with Gasteiger partial charge in [-0.2, -0.15) is 0 Å². The summed E-state index contributed by atoms with van der Waals surface area (Å²) in [6.45, 7) is 2.84. The van der Waals surface area contributed by atoms with Crippen molar-refractivity contribution in [2.24, 2.45) is 5.92 Å². The molecule has 158 valence electrons. The van der Waals surface area contributed by atoms with E-state index < -0.39 is 0 Å². The lowest BCUT2D eigenvalue weighted by Crippen LogP contribution is -2.26. The number of carbonyl (C=O) groups excluding carboxylic acids is 1. The number of aromatic amines is 1. The van der Waals surface area contributed by atoms with Crippen LogP contribution in [0.1, 0.15) is 41.6 Å². The summed E-state index contributed by atoms with van der Waals surface area (Å²) in [4.78, 5) is 38.0. The third-order valence-corrected chi connectivity index (χ3v) is 7.69. The number of aromatic nitrogens is 2. The minimum atomic E-state index is -0.0586. The highest BCUT2D eigenvalue weighted by Crippen LogP contribution is 2.35. The number of aryl methyl sites for hydroxylation is 2. The number of rotatable bonds is 6. The largest absolute Gasteiger partial charge is 0.341 e. The maximum atomic E-state index is 12.7. The molecule has 2 heterocycles. The average Bonchev–Trinajstić information content (AvgIpc) is 3.10. The molecule has 1 unspecified atom stereocenters. The van der Waals surface area contributed by atoms with Gasteiger partial charge in [-0.1, -0.05) is 19.1 Å². The molecular weight excluding hydrogens is 414 g/mol. The Morgan fingerprint density at radius 1 is 1.33 bits per heavy atom. The zero-order valence-corrected chi connectivity index (χ0v) is 19.3.